The van der Waals surface area contributed by atoms with E-state index in [1.807, 2.05) is 60.7 Å². The number of aromatic amines is 1. The highest BCUT2D eigenvalue weighted by atomic mass is 16.6. The zero-order valence-corrected chi connectivity index (χ0v) is 19.2. The number of non-ortho nitro benzene ring substituents is 1. The summed E-state index contributed by atoms with van der Waals surface area (Å²) < 4.78 is 1.44. The lowest BCUT2D eigenvalue weighted by Crippen LogP contribution is -2.32. The quantitative estimate of drug-likeness (QED) is 0.316. The number of aromatic nitrogens is 2. The first kappa shape index (κ1) is 21.8. The molecule has 1 aliphatic carbocycles. The van der Waals surface area contributed by atoms with Gasteiger partial charge in [-0.1, -0.05) is 60.7 Å². The van der Waals surface area contributed by atoms with E-state index >= 15 is 0 Å². The molecule has 4 aromatic rings. The summed E-state index contributed by atoms with van der Waals surface area (Å²) in [6.07, 6.45) is 0.900. The fraction of sp³-hybridized carbons (Fsp3) is 0.143. The number of rotatable bonds is 4. The molecule has 0 unspecified atom stereocenters. The lowest BCUT2D eigenvalue weighted by molar-refractivity contribution is -0.384. The average molecular weight is 479 g/mol. The number of hydrogen-bond donors (Lipinski definition) is 2. The molecule has 0 amide bonds. The molecule has 0 fully saturated rings. The maximum atomic E-state index is 13.7. The Labute approximate surface area is 206 Å². The Balaban J connectivity index is 1.54. The minimum absolute atomic E-state index is 0.000176. The van der Waals surface area contributed by atoms with Gasteiger partial charge in [-0.25, -0.2) is 4.68 Å². The number of nitro benzene ring substituents is 1. The molecule has 0 bridgehead atoms. The van der Waals surface area contributed by atoms with Gasteiger partial charge in [0, 0.05) is 35.7 Å². The number of H-pyrrole nitrogens is 1. The van der Waals surface area contributed by atoms with Crippen molar-refractivity contribution >= 4 is 17.3 Å². The SMILES string of the molecule is O=C1C[C@@H](c2ccccc2)CC2=C1[C@H](c1cccc([N+](=O)[O-])c1)c1c([nH]n(-c3ccccc3)c1=O)N2. The summed E-state index contributed by atoms with van der Waals surface area (Å²) in [5, 5.41) is 18.0. The van der Waals surface area contributed by atoms with Gasteiger partial charge in [0.1, 0.15) is 5.82 Å². The Kier molecular flexibility index (Phi) is 5.14. The lowest BCUT2D eigenvalue weighted by atomic mass is 9.73. The van der Waals surface area contributed by atoms with Crippen molar-refractivity contribution in [1.29, 1.82) is 0 Å². The molecule has 36 heavy (non-hydrogen) atoms. The Morgan fingerprint density at radius 1 is 0.861 bits per heavy atom. The number of ketones is 1. The van der Waals surface area contributed by atoms with E-state index in [1.54, 1.807) is 12.1 Å². The number of benzene rings is 3. The van der Waals surface area contributed by atoms with E-state index in [4.69, 9.17) is 0 Å². The Hall–Kier alpha value is -4.72. The normalized spacial score (nSPS) is 18.8. The Bertz CT molecular complexity index is 1580. The molecule has 8 nitrogen and oxygen atoms in total. The second-order valence-electron chi connectivity index (χ2n) is 9.12. The summed E-state index contributed by atoms with van der Waals surface area (Å²) in [6, 6.07) is 25.3. The van der Waals surface area contributed by atoms with Crippen LogP contribution in [0.3, 0.4) is 0 Å². The van der Waals surface area contributed by atoms with Crippen LogP contribution in [0.25, 0.3) is 5.69 Å². The van der Waals surface area contributed by atoms with Gasteiger partial charge in [-0.3, -0.25) is 24.8 Å². The van der Waals surface area contributed by atoms with Crippen LogP contribution < -0.4 is 10.9 Å². The second-order valence-corrected chi connectivity index (χ2v) is 9.12. The lowest BCUT2D eigenvalue weighted by Gasteiger charge is -2.34. The second kappa shape index (κ2) is 8.49. The van der Waals surface area contributed by atoms with Gasteiger partial charge in [0.05, 0.1) is 16.2 Å². The van der Waals surface area contributed by atoms with Gasteiger partial charge in [0.25, 0.3) is 11.2 Å². The number of nitrogens with one attached hydrogen (secondary N) is 2. The van der Waals surface area contributed by atoms with Gasteiger partial charge >= 0.3 is 0 Å². The number of nitro groups is 1. The number of para-hydroxylation sites is 1. The summed E-state index contributed by atoms with van der Waals surface area (Å²) in [5.41, 5.74) is 3.52. The van der Waals surface area contributed by atoms with Crippen LogP contribution in [0.2, 0.25) is 0 Å². The van der Waals surface area contributed by atoms with E-state index in [-0.39, 0.29) is 22.9 Å². The number of Topliss-reactive ketones (excluding diaryl/α,β-unsaturated/α-hetero) is 1. The Morgan fingerprint density at radius 2 is 1.56 bits per heavy atom. The van der Waals surface area contributed by atoms with Crippen molar-refractivity contribution in [1.82, 2.24) is 9.78 Å². The molecule has 0 spiro atoms. The van der Waals surface area contributed by atoms with Crippen molar-refractivity contribution in [2.75, 3.05) is 5.32 Å². The third kappa shape index (κ3) is 3.54. The molecule has 6 rings (SSSR count). The van der Waals surface area contributed by atoms with E-state index in [0.717, 1.165) is 11.3 Å². The highest BCUT2D eigenvalue weighted by Gasteiger charge is 2.41. The minimum atomic E-state index is -0.714. The first-order valence-electron chi connectivity index (χ1n) is 11.7. The first-order valence-corrected chi connectivity index (χ1v) is 11.7. The van der Waals surface area contributed by atoms with Crippen molar-refractivity contribution < 1.29 is 9.72 Å². The number of carbonyl (C=O) groups excluding carboxylic acids is 1. The van der Waals surface area contributed by atoms with Crippen LogP contribution in [0.4, 0.5) is 11.5 Å². The summed E-state index contributed by atoms with van der Waals surface area (Å²) in [4.78, 5) is 38.4. The van der Waals surface area contributed by atoms with E-state index in [0.29, 0.717) is 41.0 Å². The highest BCUT2D eigenvalue weighted by Crippen LogP contribution is 2.47. The predicted molar refractivity (Wildman–Crippen MR) is 135 cm³/mol. The molecule has 2 heterocycles. The van der Waals surface area contributed by atoms with Crippen molar-refractivity contribution in [2.45, 2.75) is 24.7 Å². The topological polar surface area (TPSA) is 110 Å². The number of hydrogen-bond acceptors (Lipinski definition) is 5. The zero-order chi connectivity index (χ0) is 24.8. The van der Waals surface area contributed by atoms with Crippen LogP contribution in [-0.2, 0) is 4.79 Å². The minimum Gasteiger partial charge on any atom is -0.343 e. The number of anilines is 1. The molecular weight excluding hydrogens is 456 g/mol. The summed E-state index contributed by atoms with van der Waals surface area (Å²) in [7, 11) is 0. The molecule has 1 aromatic heterocycles. The van der Waals surface area contributed by atoms with E-state index in [1.165, 1.54) is 16.8 Å². The highest BCUT2D eigenvalue weighted by molar-refractivity contribution is 6.01. The van der Waals surface area contributed by atoms with Crippen molar-refractivity contribution in [3.8, 4) is 5.69 Å². The third-order valence-electron chi connectivity index (χ3n) is 6.99. The van der Waals surface area contributed by atoms with E-state index < -0.39 is 10.8 Å². The van der Waals surface area contributed by atoms with Gasteiger partial charge in [-0.2, -0.15) is 0 Å². The largest absolute Gasteiger partial charge is 0.343 e. The van der Waals surface area contributed by atoms with Gasteiger partial charge in [0.2, 0.25) is 0 Å². The standard InChI is InChI=1S/C28H22N4O4/c33-23-16-19(17-8-3-1-4-9-17)15-22-25(23)24(18-10-7-13-21(14-18)32(35)36)26-27(29-22)30-31(28(26)34)20-11-5-2-6-12-20/h1-14,19,24,29-30H,15-16H2/t19-,24-/m0/s1. The Morgan fingerprint density at radius 3 is 2.28 bits per heavy atom. The molecule has 8 heteroatoms. The molecule has 178 valence electrons. The van der Waals surface area contributed by atoms with Gasteiger partial charge in [-0.15, -0.1) is 0 Å². The number of fused-ring (bicyclic) bond motifs is 1. The average Bonchev–Trinajstić information content (AvgIpc) is 3.24. The third-order valence-corrected chi connectivity index (χ3v) is 6.99. The molecule has 0 saturated carbocycles. The molecule has 2 aliphatic rings. The molecule has 2 atom stereocenters. The molecule has 1 aliphatic heterocycles. The number of carbonyl (C=O) groups is 1. The smallest absolute Gasteiger partial charge is 0.277 e. The van der Waals surface area contributed by atoms with Crippen LogP contribution in [0.1, 0.15) is 41.4 Å². The van der Waals surface area contributed by atoms with E-state index in [2.05, 4.69) is 10.4 Å². The van der Waals surface area contributed by atoms with Crippen LogP contribution in [0.15, 0.2) is 101 Å². The van der Waals surface area contributed by atoms with Crippen molar-refractivity contribution in [3.05, 3.63) is 133 Å². The maximum Gasteiger partial charge on any atom is 0.277 e. The van der Waals surface area contributed by atoms with Crippen LogP contribution >= 0.6 is 0 Å². The zero-order valence-electron chi connectivity index (χ0n) is 19.2. The molecular formula is C28H22N4O4. The predicted octanol–water partition coefficient (Wildman–Crippen LogP) is 5.03. The fourth-order valence-electron chi connectivity index (χ4n) is 5.36. The molecule has 0 radical (unpaired) electrons. The fourth-order valence-corrected chi connectivity index (χ4v) is 5.36. The number of allylic oxidation sites excluding steroid dienone is 2. The van der Waals surface area contributed by atoms with E-state index in [9.17, 15) is 19.7 Å². The summed E-state index contributed by atoms with van der Waals surface area (Å²) in [6.45, 7) is 0. The summed E-state index contributed by atoms with van der Waals surface area (Å²) in [5.74, 6) is -0.276. The van der Waals surface area contributed by atoms with Crippen LogP contribution in [0, 0.1) is 10.1 Å². The van der Waals surface area contributed by atoms with Crippen molar-refractivity contribution in [2.24, 2.45) is 0 Å². The molecule has 0 saturated heterocycles. The maximum absolute atomic E-state index is 13.7. The van der Waals surface area contributed by atoms with Gasteiger partial charge in [0.15, 0.2) is 5.78 Å². The van der Waals surface area contributed by atoms with Crippen LogP contribution in [-0.4, -0.2) is 20.5 Å². The molecule has 3 aromatic carbocycles. The van der Waals surface area contributed by atoms with Gasteiger partial charge < -0.3 is 5.32 Å². The van der Waals surface area contributed by atoms with Crippen LogP contribution in [0.5, 0.6) is 0 Å². The van der Waals surface area contributed by atoms with Gasteiger partial charge in [-0.05, 0) is 35.6 Å². The summed E-state index contributed by atoms with van der Waals surface area (Å²) >= 11 is 0. The first-order chi connectivity index (χ1) is 17.5. The monoisotopic (exact) mass is 478 g/mol. The molecule has 2 N–H and O–H groups in total. The number of nitrogens with zero attached hydrogens (tertiary/aromatic N) is 2. The van der Waals surface area contributed by atoms with Crippen molar-refractivity contribution in [3.63, 3.8) is 0 Å².